The monoisotopic (exact) mass is 319 g/mol. The molecule has 5 nitrogen and oxygen atoms in total. The summed E-state index contributed by atoms with van der Waals surface area (Å²) in [7, 11) is 0. The van der Waals surface area contributed by atoms with Crippen molar-refractivity contribution in [2.75, 3.05) is 13.1 Å². The number of rotatable bonds is 3. The second-order valence-electron chi connectivity index (χ2n) is 5.20. The van der Waals surface area contributed by atoms with E-state index in [1.54, 1.807) is 6.07 Å². The van der Waals surface area contributed by atoms with Crippen LogP contribution in [0, 0.1) is 10.1 Å². The summed E-state index contributed by atoms with van der Waals surface area (Å²) in [5.74, 6) is 0. The quantitative estimate of drug-likeness (QED) is 0.687. The third-order valence-electron chi connectivity index (χ3n) is 3.27. The Labute approximate surface area is 129 Å². The van der Waals surface area contributed by atoms with Crippen LogP contribution in [0.2, 0.25) is 5.02 Å². The molecule has 1 aliphatic rings. The molecule has 1 aromatic rings. The molecule has 0 amide bonds. The molecule has 0 radical (unpaired) electrons. The van der Waals surface area contributed by atoms with Gasteiger partial charge in [-0.25, -0.2) is 0 Å². The van der Waals surface area contributed by atoms with Gasteiger partial charge in [0.2, 0.25) is 0 Å². The van der Waals surface area contributed by atoms with E-state index < -0.39 is 4.92 Å². The number of non-ortho nitro benzene ring substituents is 1. The van der Waals surface area contributed by atoms with Crippen LogP contribution >= 0.6 is 24.0 Å². The molecule has 1 fully saturated rings. The van der Waals surface area contributed by atoms with E-state index in [4.69, 9.17) is 11.6 Å². The number of nitrogens with zero attached hydrogens (tertiary/aromatic N) is 2. The van der Waals surface area contributed by atoms with Gasteiger partial charge in [0.15, 0.2) is 0 Å². The van der Waals surface area contributed by atoms with Gasteiger partial charge in [0.05, 0.1) is 9.95 Å². The lowest BCUT2D eigenvalue weighted by atomic mass is 10.1. The van der Waals surface area contributed by atoms with Gasteiger partial charge >= 0.3 is 0 Å². The van der Waals surface area contributed by atoms with Crippen molar-refractivity contribution in [2.45, 2.75) is 32.5 Å². The molecule has 1 N–H and O–H groups in total. The summed E-state index contributed by atoms with van der Waals surface area (Å²) in [5, 5.41) is 14.6. The molecule has 20 heavy (non-hydrogen) atoms. The van der Waals surface area contributed by atoms with Gasteiger partial charge in [-0.2, -0.15) is 0 Å². The number of hydrogen-bond donors (Lipinski definition) is 1. The van der Waals surface area contributed by atoms with Crippen LogP contribution in [0.3, 0.4) is 0 Å². The Bertz CT molecular complexity index is 475. The van der Waals surface area contributed by atoms with E-state index in [9.17, 15) is 10.1 Å². The van der Waals surface area contributed by atoms with Crippen LogP contribution in [0.15, 0.2) is 18.2 Å². The molecule has 0 aromatic heterocycles. The van der Waals surface area contributed by atoms with Crippen molar-refractivity contribution >= 4 is 29.7 Å². The maximum atomic E-state index is 10.7. The summed E-state index contributed by atoms with van der Waals surface area (Å²) in [4.78, 5) is 12.6. The van der Waals surface area contributed by atoms with E-state index in [0.717, 1.165) is 25.2 Å². The van der Waals surface area contributed by atoms with Gasteiger partial charge in [-0.1, -0.05) is 11.6 Å². The van der Waals surface area contributed by atoms with Crippen molar-refractivity contribution < 1.29 is 4.92 Å². The Morgan fingerprint density at radius 1 is 1.40 bits per heavy atom. The summed E-state index contributed by atoms with van der Waals surface area (Å²) >= 11 is 6.12. The first-order valence-electron chi connectivity index (χ1n) is 6.37. The fraction of sp³-hybridized carbons (Fsp3) is 0.538. The van der Waals surface area contributed by atoms with Crippen LogP contribution in [-0.2, 0) is 6.54 Å². The maximum Gasteiger partial charge on any atom is 0.270 e. The molecule has 0 bridgehead atoms. The Hall–Kier alpha value is -0.880. The highest BCUT2D eigenvalue weighted by atomic mass is 35.5. The van der Waals surface area contributed by atoms with E-state index in [1.165, 1.54) is 12.1 Å². The standard InChI is InChI=1S/C13H18ClN3O2.ClH/c1-9-6-16(7-10(2)15-9)8-11-3-4-12(17(18)19)5-13(11)14;/h3-5,9-10,15H,6-8H2,1-2H3;1H. The fourth-order valence-electron chi connectivity index (χ4n) is 2.59. The van der Waals surface area contributed by atoms with E-state index in [2.05, 4.69) is 24.1 Å². The van der Waals surface area contributed by atoms with Crippen LogP contribution in [0.25, 0.3) is 0 Å². The third kappa shape index (κ3) is 4.31. The topological polar surface area (TPSA) is 58.4 Å². The molecule has 0 aliphatic carbocycles. The van der Waals surface area contributed by atoms with Crippen molar-refractivity contribution in [3.8, 4) is 0 Å². The first-order chi connectivity index (χ1) is 8.95. The molecule has 1 aromatic carbocycles. The molecular weight excluding hydrogens is 301 g/mol. The molecule has 2 rings (SSSR count). The lowest BCUT2D eigenvalue weighted by Gasteiger charge is -2.36. The Kier molecular flexibility index (Phi) is 6.20. The normalized spacial score (nSPS) is 23.1. The van der Waals surface area contributed by atoms with Crippen molar-refractivity contribution in [3.63, 3.8) is 0 Å². The molecular formula is C13H19Cl2N3O2. The number of hydrogen-bond acceptors (Lipinski definition) is 4. The molecule has 1 heterocycles. The molecule has 7 heteroatoms. The second kappa shape index (κ2) is 7.22. The first kappa shape index (κ1) is 17.2. The lowest BCUT2D eigenvalue weighted by Crippen LogP contribution is -2.53. The smallest absolute Gasteiger partial charge is 0.270 e. The Morgan fingerprint density at radius 3 is 2.50 bits per heavy atom. The Balaban J connectivity index is 0.00000200. The summed E-state index contributed by atoms with van der Waals surface area (Å²) in [6, 6.07) is 5.57. The van der Waals surface area contributed by atoms with Gasteiger partial charge in [-0.3, -0.25) is 15.0 Å². The minimum absolute atomic E-state index is 0. The first-order valence-corrected chi connectivity index (χ1v) is 6.74. The number of nitrogens with one attached hydrogen (secondary N) is 1. The second-order valence-corrected chi connectivity index (χ2v) is 5.60. The summed E-state index contributed by atoms with van der Waals surface area (Å²) < 4.78 is 0. The largest absolute Gasteiger partial charge is 0.309 e. The van der Waals surface area contributed by atoms with E-state index in [1.807, 2.05) is 0 Å². The van der Waals surface area contributed by atoms with E-state index in [-0.39, 0.29) is 18.1 Å². The number of halogens is 2. The van der Waals surface area contributed by atoms with Crippen molar-refractivity contribution in [2.24, 2.45) is 0 Å². The molecule has 0 saturated carbocycles. The zero-order valence-electron chi connectivity index (χ0n) is 11.5. The predicted molar refractivity (Wildman–Crippen MR) is 82.7 cm³/mol. The van der Waals surface area contributed by atoms with Gasteiger partial charge in [0.1, 0.15) is 0 Å². The molecule has 1 aliphatic heterocycles. The van der Waals surface area contributed by atoms with Crippen LogP contribution in [0.1, 0.15) is 19.4 Å². The molecule has 0 spiro atoms. The highest BCUT2D eigenvalue weighted by molar-refractivity contribution is 6.31. The van der Waals surface area contributed by atoms with Crippen LogP contribution < -0.4 is 5.32 Å². The number of nitro groups is 1. The summed E-state index contributed by atoms with van der Waals surface area (Å²) in [5.41, 5.74) is 0.976. The summed E-state index contributed by atoms with van der Waals surface area (Å²) in [6.07, 6.45) is 0. The van der Waals surface area contributed by atoms with Crippen molar-refractivity contribution in [3.05, 3.63) is 38.9 Å². The molecule has 112 valence electrons. The molecule has 2 atom stereocenters. The van der Waals surface area contributed by atoms with Crippen LogP contribution in [-0.4, -0.2) is 35.0 Å². The third-order valence-corrected chi connectivity index (χ3v) is 3.63. The van der Waals surface area contributed by atoms with Gasteiger partial charge < -0.3 is 5.32 Å². The zero-order chi connectivity index (χ0) is 14.0. The molecule has 2 unspecified atom stereocenters. The average molecular weight is 320 g/mol. The minimum atomic E-state index is -0.426. The SMILES string of the molecule is CC1CN(Cc2ccc([N+](=O)[O-])cc2Cl)CC(C)N1.Cl. The highest BCUT2D eigenvalue weighted by Gasteiger charge is 2.21. The van der Waals surface area contributed by atoms with Crippen molar-refractivity contribution in [1.29, 1.82) is 0 Å². The maximum absolute atomic E-state index is 10.7. The van der Waals surface area contributed by atoms with Gasteiger partial charge in [0.25, 0.3) is 5.69 Å². The van der Waals surface area contributed by atoms with Crippen LogP contribution in [0.4, 0.5) is 5.69 Å². The molecule has 1 saturated heterocycles. The number of nitro benzene ring substituents is 1. The van der Waals surface area contributed by atoms with Gasteiger partial charge in [0, 0.05) is 43.9 Å². The van der Waals surface area contributed by atoms with E-state index in [0.29, 0.717) is 17.1 Å². The van der Waals surface area contributed by atoms with Crippen LogP contribution in [0.5, 0.6) is 0 Å². The predicted octanol–water partition coefficient (Wildman–Crippen LogP) is 2.85. The highest BCUT2D eigenvalue weighted by Crippen LogP contribution is 2.24. The van der Waals surface area contributed by atoms with Gasteiger partial charge in [-0.15, -0.1) is 12.4 Å². The minimum Gasteiger partial charge on any atom is -0.309 e. The van der Waals surface area contributed by atoms with E-state index >= 15 is 0 Å². The summed E-state index contributed by atoms with van der Waals surface area (Å²) in [6.45, 7) is 6.95. The average Bonchev–Trinajstić information content (AvgIpc) is 2.30. The number of benzene rings is 1. The van der Waals surface area contributed by atoms with Crippen molar-refractivity contribution in [1.82, 2.24) is 10.2 Å². The fourth-order valence-corrected chi connectivity index (χ4v) is 2.82. The zero-order valence-corrected chi connectivity index (χ0v) is 13.1. The van der Waals surface area contributed by atoms with Gasteiger partial charge in [-0.05, 0) is 25.5 Å². The number of piperazine rings is 1. The Morgan fingerprint density at radius 2 is 2.00 bits per heavy atom. The lowest BCUT2D eigenvalue weighted by molar-refractivity contribution is -0.384.